The number of fused-ring (bicyclic) bond motifs is 2. The number of hydrogen-bond donors (Lipinski definition) is 3. The highest BCUT2D eigenvalue weighted by molar-refractivity contribution is 5.98. The van der Waals surface area contributed by atoms with Crippen LogP contribution in [0.2, 0.25) is 0 Å². The Morgan fingerprint density at radius 2 is 1.79 bits per heavy atom. The number of amides is 2. The van der Waals surface area contributed by atoms with Gasteiger partial charge in [-0.1, -0.05) is 18.2 Å². The highest BCUT2D eigenvalue weighted by atomic mass is 19.1. The summed E-state index contributed by atoms with van der Waals surface area (Å²) in [6, 6.07) is 12.7. The molecule has 3 heterocycles. The molecule has 0 saturated carbocycles. The molecule has 0 aliphatic carbocycles. The molecule has 0 saturated heterocycles. The van der Waals surface area contributed by atoms with Crippen LogP contribution in [0, 0.1) is 5.82 Å². The molecule has 11 nitrogen and oxygen atoms in total. The first-order valence-corrected chi connectivity index (χ1v) is 12.0. The molecule has 5 rings (SSSR count). The van der Waals surface area contributed by atoms with Gasteiger partial charge in [-0.25, -0.2) is 18.7 Å². The zero-order chi connectivity index (χ0) is 27.5. The summed E-state index contributed by atoms with van der Waals surface area (Å²) >= 11 is 0. The van der Waals surface area contributed by atoms with Crippen LogP contribution in [0.3, 0.4) is 0 Å². The minimum Gasteiger partial charge on any atom is -0.486 e. The van der Waals surface area contributed by atoms with Crippen molar-refractivity contribution in [3.8, 4) is 5.75 Å². The number of nitrogens with one attached hydrogen (secondary N) is 2. The fraction of sp³-hybridized carbons (Fsp3) is 0.185. The van der Waals surface area contributed by atoms with Crippen LogP contribution in [-0.2, 0) is 24.2 Å². The number of carboxylic acids is 1. The van der Waals surface area contributed by atoms with Crippen molar-refractivity contribution in [1.82, 2.24) is 25.2 Å². The molecule has 0 radical (unpaired) electrons. The Labute approximate surface area is 220 Å². The molecule has 3 N–H and O–H groups in total. The molecule has 2 amide bonds. The molecule has 2 aromatic heterocycles. The van der Waals surface area contributed by atoms with E-state index in [0.717, 1.165) is 27.4 Å². The smallest absolute Gasteiger partial charge is 0.335 e. The number of aromatic carboxylic acids is 1. The van der Waals surface area contributed by atoms with Gasteiger partial charge in [0.15, 0.2) is 17.2 Å². The third-order valence-corrected chi connectivity index (χ3v) is 6.15. The van der Waals surface area contributed by atoms with Crippen LogP contribution < -0.4 is 15.4 Å². The standard InChI is InChI=1S/C27H22FN5O6/c28-20-13-31-33-22(26(36)29-8-7-15-1-4-17(5-2-15)27(37)38)11-21(32-24(20)33)25(35)30-12-16-3-6-23-18(9-16)10-19(34)14-39-23/h1-6,9,11,13H,7-8,10,12,14H2,(H,29,36)(H,30,35)(H,37,38). The number of rotatable bonds is 8. The minimum atomic E-state index is -1.03. The number of carboxylic acid groups (broad SMARTS) is 1. The number of ether oxygens (including phenoxy) is 1. The zero-order valence-electron chi connectivity index (χ0n) is 20.4. The Balaban J connectivity index is 1.28. The number of carbonyl (C=O) groups is 4. The van der Waals surface area contributed by atoms with Crippen LogP contribution in [0.25, 0.3) is 5.65 Å². The van der Waals surface area contributed by atoms with Gasteiger partial charge in [0, 0.05) is 31.1 Å². The average Bonchev–Trinajstić information content (AvgIpc) is 3.31. The summed E-state index contributed by atoms with van der Waals surface area (Å²) in [4.78, 5) is 52.6. The van der Waals surface area contributed by atoms with E-state index < -0.39 is 23.6 Å². The summed E-state index contributed by atoms with van der Waals surface area (Å²) in [6.07, 6.45) is 1.57. The quantitative estimate of drug-likeness (QED) is 0.312. The predicted molar refractivity (Wildman–Crippen MR) is 134 cm³/mol. The largest absolute Gasteiger partial charge is 0.486 e. The van der Waals surface area contributed by atoms with Gasteiger partial charge >= 0.3 is 5.97 Å². The Morgan fingerprint density at radius 1 is 1.03 bits per heavy atom. The van der Waals surface area contributed by atoms with Crippen molar-refractivity contribution >= 4 is 29.2 Å². The predicted octanol–water partition coefficient (Wildman–Crippen LogP) is 1.97. The van der Waals surface area contributed by atoms with Crippen molar-refractivity contribution in [2.45, 2.75) is 19.4 Å². The maximum Gasteiger partial charge on any atom is 0.335 e. The summed E-state index contributed by atoms with van der Waals surface area (Å²) in [5, 5.41) is 18.3. The molecular formula is C27H22FN5O6. The highest BCUT2D eigenvalue weighted by Crippen LogP contribution is 2.24. The number of halogens is 1. The van der Waals surface area contributed by atoms with Crippen molar-refractivity contribution in [3.63, 3.8) is 0 Å². The van der Waals surface area contributed by atoms with Crippen LogP contribution in [0.5, 0.6) is 5.75 Å². The Bertz CT molecular complexity index is 1620. The molecule has 12 heteroatoms. The summed E-state index contributed by atoms with van der Waals surface area (Å²) < 4.78 is 20.7. The van der Waals surface area contributed by atoms with Gasteiger partial charge in [0.05, 0.1) is 11.8 Å². The van der Waals surface area contributed by atoms with Gasteiger partial charge in [-0.2, -0.15) is 5.10 Å². The first kappa shape index (κ1) is 25.5. The monoisotopic (exact) mass is 531 g/mol. The van der Waals surface area contributed by atoms with E-state index in [4.69, 9.17) is 9.84 Å². The molecule has 0 fully saturated rings. The van der Waals surface area contributed by atoms with Crippen molar-refractivity contribution in [1.29, 1.82) is 0 Å². The van der Waals surface area contributed by atoms with E-state index in [1.54, 1.807) is 30.3 Å². The summed E-state index contributed by atoms with van der Waals surface area (Å²) in [7, 11) is 0. The molecule has 1 aliphatic heterocycles. The molecule has 2 aromatic carbocycles. The van der Waals surface area contributed by atoms with Crippen molar-refractivity contribution in [3.05, 3.63) is 94.2 Å². The second-order valence-electron chi connectivity index (χ2n) is 8.89. The molecule has 198 valence electrons. The molecular weight excluding hydrogens is 509 g/mol. The fourth-order valence-corrected chi connectivity index (χ4v) is 4.16. The molecule has 0 atom stereocenters. The second-order valence-corrected chi connectivity index (χ2v) is 8.89. The minimum absolute atomic E-state index is 0.0362. The van der Waals surface area contributed by atoms with E-state index in [0.29, 0.717) is 12.2 Å². The number of carbonyl (C=O) groups excluding carboxylic acids is 3. The van der Waals surface area contributed by atoms with Gasteiger partial charge in [-0.3, -0.25) is 14.4 Å². The normalized spacial score (nSPS) is 12.5. The first-order chi connectivity index (χ1) is 18.8. The van der Waals surface area contributed by atoms with Crippen molar-refractivity contribution in [2.24, 2.45) is 0 Å². The molecule has 39 heavy (non-hydrogen) atoms. The van der Waals surface area contributed by atoms with Gasteiger partial charge in [0.2, 0.25) is 0 Å². The first-order valence-electron chi connectivity index (χ1n) is 12.0. The van der Waals surface area contributed by atoms with Crippen LogP contribution in [0.1, 0.15) is 48.0 Å². The number of Topliss-reactive ketones (excluding diaryl/α,β-unsaturated/α-hetero) is 1. The second kappa shape index (κ2) is 10.7. The van der Waals surface area contributed by atoms with Crippen LogP contribution in [-0.4, -0.2) is 56.4 Å². The van der Waals surface area contributed by atoms with Gasteiger partial charge in [0.1, 0.15) is 23.7 Å². The van der Waals surface area contributed by atoms with E-state index in [2.05, 4.69) is 20.7 Å². The SMILES string of the molecule is O=C1COc2ccc(CNC(=O)c3cc(C(=O)NCCc4ccc(C(=O)O)cc4)n4ncc(F)c4n3)cc2C1. The van der Waals surface area contributed by atoms with Gasteiger partial charge in [-0.05, 0) is 41.8 Å². The average molecular weight is 532 g/mol. The summed E-state index contributed by atoms with van der Waals surface area (Å²) in [6.45, 7) is 0.347. The third kappa shape index (κ3) is 5.59. The number of hydrogen-bond acceptors (Lipinski definition) is 7. The van der Waals surface area contributed by atoms with E-state index in [1.807, 2.05) is 0 Å². The lowest BCUT2D eigenvalue weighted by molar-refractivity contribution is -0.121. The van der Waals surface area contributed by atoms with E-state index >= 15 is 0 Å². The van der Waals surface area contributed by atoms with E-state index in [-0.39, 0.29) is 54.5 Å². The van der Waals surface area contributed by atoms with Crippen LogP contribution in [0.4, 0.5) is 4.39 Å². The lowest BCUT2D eigenvalue weighted by Crippen LogP contribution is -2.30. The molecule has 0 bridgehead atoms. The van der Waals surface area contributed by atoms with Crippen molar-refractivity contribution < 1.29 is 33.4 Å². The third-order valence-electron chi connectivity index (χ3n) is 6.15. The highest BCUT2D eigenvalue weighted by Gasteiger charge is 2.21. The Kier molecular flexibility index (Phi) is 7.00. The lowest BCUT2D eigenvalue weighted by atomic mass is 10.0. The van der Waals surface area contributed by atoms with Gasteiger partial charge < -0.3 is 20.5 Å². The maximum absolute atomic E-state index is 14.3. The molecule has 1 aliphatic rings. The summed E-state index contributed by atoms with van der Waals surface area (Å²) in [5.41, 5.74) is 1.89. The van der Waals surface area contributed by atoms with Gasteiger partial charge in [-0.15, -0.1) is 0 Å². The van der Waals surface area contributed by atoms with E-state index in [9.17, 15) is 23.6 Å². The summed E-state index contributed by atoms with van der Waals surface area (Å²) in [5.74, 6) is -2.46. The fourth-order valence-electron chi connectivity index (χ4n) is 4.16. The number of ketones is 1. The zero-order valence-corrected chi connectivity index (χ0v) is 20.4. The number of aromatic nitrogens is 3. The van der Waals surface area contributed by atoms with Crippen LogP contribution in [0.15, 0.2) is 54.7 Å². The van der Waals surface area contributed by atoms with Gasteiger partial charge in [0.25, 0.3) is 11.8 Å². The Hall–Kier alpha value is -5.13. The number of benzene rings is 2. The molecule has 4 aromatic rings. The van der Waals surface area contributed by atoms with Crippen molar-refractivity contribution in [2.75, 3.05) is 13.2 Å². The van der Waals surface area contributed by atoms with Crippen LogP contribution >= 0.6 is 0 Å². The maximum atomic E-state index is 14.3. The van der Waals surface area contributed by atoms with E-state index in [1.165, 1.54) is 18.2 Å². The number of nitrogens with zero attached hydrogens (tertiary/aromatic N) is 3. The lowest BCUT2D eigenvalue weighted by Gasteiger charge is -2.17. The topological polar surface area (TPSA) is 152 Å². The molecule has 0 spiro atoms. The molecule has 0 unspecified atom stereocenters. The Morgan fingerprint density at radius 3 is 2.56 bits per heavy atom.